The Morgan fingerprint density at radius 2 is 0.600 bits per heavy atom. The molecule has 0 aromatic rings. The van der Waals surface area contributed by atoms with Crippen LogP contribution < -0.4 is 0 Å². The van der Waals surface area contributed by atoms with Crippen molar-refractivity contribution in [2.45, 2.75) is 232 Å². The maximum atomic E-state index is 12.4. The van der Waals surface area contributed by atoms with E-state index in [4.69, 9.17) is 0 Å². The van der Waals surface area contributed by atoms with Crippen molar-refractivity contribution < 1.29 is 19.8 Å². The zero-order valence-corrected chi connectivity index (χ0v) is 30.5. The van der Waals surface area contributed by atoms with Crippen molar-refractivity contribution in [2.24, 2.45) is 5.41 Å². The fourth-order valence-corrected chi connectivity index (χ4v) is 6.92. The minimum absolute atomic E-state index is 0.128. The molecule has 0 aromatic heterocycles. The number of carbonyl (C=O) groups is 2. The van der Waals surface area contributed by atoms with Crippen molar-refractivity contribution in [1.29, 1.82) is 0 Å². The zero-order valence-electron chi connectivity index (χ0n) is 30.5. The summed E-state index contributed by atoms with van der Waals surface area (Å²) in [4.78, 5) is 24.3. The Balaban J connectivity index is 4.01. The van der Waals surface area contributed by atoms with E-state index in [0.717, 1.165) is 38.5 Å². The Bertz CT molecular complexity index is 649. The summed E-state index contributed by atoms with van der Waals surface area (Å²) in [6.07, 6.45) is 41.5. The summed E-state index contributed by atoms with van der Waals surface area (Å²) in [5, 5.41) is 19.8. The van der Waals surface area contributed by atoms with E-state index in [9.17, 15) is 19.8 Å². The molecular formula is C41H78O4. The maximum absolute atomic E-state index is 12.4. The Kier molecular flexibility index (Phi) is 31.7. The number of carboxylic acids is 2. The average Bonchev–Trinajstić information content (AvgIpc) is 3.02. The largest absolute Gasteiger partial charge is 0.481 e. The molecule has 4 nitrogen and oxygen atoms in total. The summed E-state index contributed by atoms with van der Waals surface area (Å²) in [7, 11) is 0. The van der Waals surface area contributed by atoms with Gasteiger partial charge in [0.05, 0.1) is 5.41 Å². The molecule has 0 bridgehead atoms. The van der Waals surface area contributed by atoms with Crippen LogP contribution in [0.25, 0.3) is 0 Å². The van der Waals surface area contributed by atoms with Gasteiger partial charge in [0.25, 0.3) is 0 Å². The summed E-state index contributed by atoms with van der Waals surface area (Å²) in [6, 6.07) is 0. The van der Waals surface area contributed by atoms with E-state index in [2.05, 4.69) is 20.4 Å². The number of aliphatic carboxylic acids is 2. The molecule has 0 aliphatic heterocycles. The molecule has 0 fully saturated rings. The van der Waals surface area contributed by atoms with Crippen molar-refractivity contribution >= 4 is 11.9 Å². The van der Waals surface area contributed by atoms with Gasteiger partial charge in [-0.15, -0.1) is 0 Å². The molecule has 45 heavy (non-hydrogen) atoms. The third-order valence-electron chi connectivity index (χ3n) is 10.2. The van der Waals surface area contributed by atoms with Crippen LogP contribution in [-0.4, -0.2) is 22.2 Å². The predicted molar refractivity (Wildman–Crippen MR) is 195 cm³/mol. The molecule has 4 heteroatoms. The summed E-state index contributed by atoms with van der Waals surface area (Å²) >= 11 is 0. The normalized spacial score (nSPS) is 11.7. The molecule has 0 radical (unpaired) electrons. The third kappa shape index (κ3) is 25.5. The summed E-state index contributed by atoms with van der Waals surface area (Å²) in [5.74, 6) is -2.16. The van der Waals surface area contributed by atoms with Gasteiger partial charge in [0.15, 0.2) is 0 Å². The summed E-state index contributed by atoms with van der Waals surface area (Å²) < 4.78 is 0. The van der Waals surface area contributed by atoms with Crippen LogP contribution in [-0.2, 0) is 9.59 Å². The average molecular weight is 635 g/mol. The van der Waals surface area contributed by atoms with E-state index in [-0.39, 0.29) is 5.57 Å². The first kappa shape index (κ1) is 43.7. The van der Waals surface area contributed by atoms with Crippen LogP contribution in [0.15, 0.2) is 12.2 Å². The molecule has 0 heterocycles. The molecule has 2 N–H and O–H groups in total. The fourth-order valence-electron chi connectivity index (χ4n) is 6.92. The van der Waals surface area contributed by atoms with Gasteiger partial charge in [-0.3, -0.25) is 4.79 Å². The smallest absolute Gasteiger partial charge is 0.332 e. The molecule has 0 saturated heterocycles. The van der Waals surface area contributed by atoms with E-state index in [0.29, 0.717) is 12.8 Å². The zero-order chi connectivity index (χ0) is 33.3. The maximum Gasteiger partial charge on any atom is 0.332 e. The lowest BCUT2D eigenvalue weighted by atomic mass is 9.72. The summed E-state index contributed by atoms with van der Waals surface area (Å²) in [5.41, 5.74) is -1.45. The van der Waals surface area contributed by atoms with Gasteiger partial charge < -0.3 is 10.2 Å². The number of carboxylic acid groups (broad SMARTS) is 2. The molecule has 0 rings (SSSR count). The van der Waals surface area contributed by atoms with Gasteiger partial charge in [-0.2, -0.15) is 0 Å². The second-order valence-corrected chi connectivity index (χ2v) is 14.3. The molecular weight excluding hydrogens is 556 g/mol. The highest BCUT2D eigenvalue weighted by Gasteiger charge is 2.43. The number of rotatable bonds is 37. The van der Waals surface area contributed by atoms with Crippen molar-refractivity contribution in [1.82, 2.24) is 0 Å². The van der Waals surface area contributed by atoms with Gasteiger partial charge in [0.2, 0.25) is 0 Å². The highest BCUT2D eigenvalue weighted by atomic mass is 16.4. The van der Waals surface area contributed by atoms with Crippen molar-refractivity contribution in [3.8, 4) is 0 Å². The van der Waals surface area contributed by atoms with Gasteiger partial charge in [0, 0.05) is 5.57 Å². The quantitative estimate of drug-likeness (QED) is 0.0526. The Hall–Kier alpha value is -1.32. The number of hydrogen-bond donors (Lipinski definition) is 2. The molecule has 0 atom stereocenters. The van der Waals surface area contributed by atoms with E-state index in [1.807, 2.05) is 0 Å². The monoisotopic (exact) mass is 635 g/mol. The van der Waals surface area contributed by atoms with Crippen LogP contribution >= 0.6 is 0 Å². The predicted octanol–water partition coefficient (Wildman–Crippen LogP) is 14.0. The SMILES string of the molecule is C=C(C(=O)O)C(CCCCCCCCCCCCCCCCCC)(CCCCCCCCCCCCCCCCCC)C(=O)O. The van der Waals surface area contributed by atoms with Crippen LogP contribution in [0, 0.1) is 5.41 Å². The number of unbranched alkanes of at least 4 members (excludes halogenated alkanes) is 30. The van der Waals surface area contributed by atoms with Crippen LogP contribution in [0.5, 0.6) is 0 Å². The molecule has 0 amide bonds. The van der Waals surface area contributed by atoms with Gasteiger partial charge in [-0.1, -0.05) is 226 Å². The van der Waals surface area contributed by atoms with Crippen LogP contribution in [0.4, 0.5) is 0 Å². The van der Waals surface area contributed by atoms with Crippen LogP contribution in [0.2, 0.25) is 0 Å². The molecule has 0 aromatic carbocycles. The summed E-state index contributed by atoms with van der Waals surface area (Å²) in [6.45, 7) is 8.29. The highest BCUT2D eigenvalue weighted by Crippen LogP contribution is 2.39. The molecule has 266 valence electrons. The van der Waals surface area contributed by atoms with E-state index < -0.39 is 17.4 Å². The standard InChI is InChI=1S/C41H78O4/c1-4-6-8-10-12-14-16-18-20-22-24-26-28-30-32-34-36-41(40(44)45,38(3)39(42)43)37-35-33-31-29-27-25-23-21-19-17-15-13-11-9-7-5-2/h3-37H2,1-2H3,(H,42,43)(H,44,45). The first-order valence-electron chi connectivity index (χ1n) is 20.1. The molecule has 0 spiro atoms. The minimum atomic E-state index is -1.32. The lowest BCUT2D eigenvalue weighted by molar-refractivity contribution is -0.151. The fraction of sp³-hybridized carbons (Fsp3) is 0.902. The second-order valence-electron chi connectivity index (χ2n) is 14.3. The second kappa shape index (κ2) is 32.6. The lowest BCUT2D eigenvalue weighted by Crippen LogP contribution is -2.36. The van der Waals surface area contributed by atoms with Crippen molar-refractivity contribution in [3.63, 3.8) is 0 Å². The Morgan fingerprint density at radius 1 is 0.400 bits per heavy atom. The molecule has 0 saturated carbocycles. The lowest BCUT2D eigenvalue weighted by Gasteiger charge is -2.30. The minimum Gasteiger partial charge on any atom is -0.481 e. The van der Waals surface area contributed by atoms with E-state index >= 15 is 0 Å². The van der Waals surface area contributed by atoms with E-state index in [1.165, 1.54) is 167 Å². The molecule has 0 aliphatic rings. The Morgan fingerprint density at radius 3 is 0.778 bits per heavy atom. The number of hydrogen-bond acceptors (Lipinski definition) is 2. The van der Waals surface area contributed by atoms with Gasteiger partial charge in [-0.25, -0.2) is 4.79 Å². The van der Waals surface area contributed by atoms with E-state index in [1.54, 1.807) is 0 Å². The topological polar surface area (TPSA) is 74.6 Å². The van der Waals surface area contributed by atoms with Gasteiger partial charge in [0.1, 0.15) is 0 Å². The van der Waals surface area contributed by atoms with Crippen molar-refractivity contribution in [2.75, 3.05) is 0 Å². The molecule has 0 aliphatic carbocycles. The van der Waals surface area contributed by atoms with Crippen LogP contribution in [0.1, 0.15) is 232 Å². The highest BCUT2D eigenvalue weighted by molar-refractivity contribution is 5.96. The third-order valence-corrected chi connectivity index (χ3v) is 10.2. The van der Waals surface area contributed by atoms with Gasteiger partial charge in [-0.05, 0) is 12.8 Å². The first-order chi connectivity index (χ1) is 21.9. The first-order valence-corrected chi connectivity index (χ1v) is 20.1. The van der Waals surface area contributed by atoms with Crippen molar-refractivity contribution in [3.05, 3.63) is 12.2 Å². The van der Waals surface area contributed by atoms with Gasteiger partial charge >= 0.3 is 11.9 Å². The Labute approximate surface area is 281 Å². The van der Waals surface area contributed by atoms with Crippen LogP contribution in [0.3, 0.4) is 0 Å². The molecule has 0 unspecified atom stereocenters.